The lowest BCUT2D eigenvalue weighted by molar-refractivity contribution is 1.15. The first-order chi connectivity index (χ1) is 23.8. The Hall–Kier alpha value is -6.52. The summed E-state index contributed by atoms with van der Waals surface area (Å²) in [6, 6.07) is 51.2. The zero-order valence-electron chi connectivity index (χ0n) is 26.1. The van der Waals surface area contributed by atoms with Crippen molar-refractivity contribution in [3.8, 4) is 11.4 Å². The largest absolute Gasteiger partial charge is 0.309 e. The van der Waals surface area contributed by atoms with Crippen molar-refractivity contribution in [1.29, 1.82) is 0 Å². The smallest absolute Gasteiger partial charge is 0.0650 e. The fourth-order valence-electron chi connectivity index (χ4n) is 6.90. The van der Waals surface area contributed by atoms with Crippen molar-refractivity contribution in [1.82, 2.24) is 19.1 Å². The number of hydrogen-bond donors (Lipinski definition) is 0. The maximum atomic E-state index is 4.69. The molecule has 0 aliphatic carbocycles. The molecular formula is C44H30N4. The summed E-state index contributed by atoms with van der Waals surface area (Å²) in [4.78, 5) is 9.39. The zero-order chi connectivity index (χ0) is 31.9. The van der Waals surface area contributed by atoms with E-state index in [1.165, 1.54) is 43.6 Å². The van der Waals surface area contributed by atoms with Gasteiger partial charge < -0.3 is 9.13 Å². The van der Waals surface area contributed by atoms with E-state index >= 15 is 0 Å². The molecule has 0 aliphatic heterocycles. The molecule has 48 heavy (non-hydrogen) atoms. The van der Waals surface area contributed by atoms with Gasteiger partial charge in [0, 0.05) is 45.3 Å². The summed E-state index contributed by atoms with van der Waals surface area (Å²) < 4.78 is 4.64. The number of nitrogens with zero attached hydrogens (tertiary/aromatic N) is 4. The molecule has 5 aromatic carbocycles. The van der Waals surface area contributed by atoms with Gasteiger partial charge >= 0.3 is 0 Å². The van der Waals surface area contributed by atoms with Gasteiger partial charge in [0.1, 0.15) is 0 Å². The Balaban J connectivity index is 1.04. The number of benzene rings is 5. The number of pyridine rings is 2. The van der Waals surface area contributed by atoms with Gasteiger partial charge in [-0.1, -0.05) is 109 Å². The fourth-order valence-corrected chi connectivity index (χ4v) is 6.90. The predicted octanol–water partition coefficient (Wildman–Crippen LogP) is 11.0. The van der Waals surface area contributed by atoms with Gasteiger partial charge in [-0.05, 0) is 71.8 Å². The van der Waals surface area contributed by atoms with Crippen LogP contribution in [0.5, 0.6) is 0 Å². The van der Waals surface area contributed by atoms with Crippen molar-refractivity contribution in [3.05, 3.63) is 181 Å². The molecule has 9 rings (SSSR count). The Morgan fingerprint density at radius 2 is 0.688 bits per heavy atom. The van der Waals surface area contributed by atoms with Crippen molar-refractivity contribution in [2.24, 2.45) is 0 Å². The van der Waals surface area contributed by atoms with E-state index in [0.717, 1.165) is 33.9 Å². The van der Waals surface area contributed by atoms with Crippen LogP contribution in [0.4, 0.5) is 0 Å². The lowest BCUT2D eigenvalue weighted by Crippen LogP contribution is -1.95. The lowest BCUT2D eigenvalue weighted by atomic mass is 10.1. The van der Waals surface area contributed by atoms with Crippen LogP contribution in [0.15, 0.2) is 158 Å². The molecule has 0 bridgehead atoms. The first-order valence-electron chi connectivity index (χ1n) is 16.2. The number of para-hydroxylation sites is 4. The molecule has 0 saturated heterocycles. The molecule has 4 aromatic heterocycles. The van der Waals surface area contributed by atoms with E-state index in [-0.39, 0.29) is 0 Å². The maximum absolute atomic E-state index is 4.69. The summed E-state index contributed by atoms with van der Waals surface area (Å²) in [5, 5.41) is 4.99. The van der Waals surface area contributed by atoms with Gasteiger partial charge in [0.25, 0.3) is 0 Å². The molecule has 4 nitrogen and oxygen atoms in total. The minimum Gasteiger partial charge on any atom is -0.309 e. The average molecular weight is 615 g/mol. The van der Waals surface area contributed by atoms with E-state index in [1.54, 1.807) is 0 Å². The van der Waals surface area contributed by atoms with Gasteiger partial charge in [-0.3, -0.25) is 9.97 Å². The third-order valence-electron chi connectivity index (χ3n) is 9.07. The molecule has 226 valence electrons. The predicted molar refractivity (Wildman–Crippen MR) is 201 cm³/mol. The summed E-state index contributed by atoms with van der Waals surface area (Å²) in [5.74, 6) is 0. The monoisotopic (exact) mass is 614 g/mol. The molecule has 0 radical (unpaired) electrons. The third kappa shape index (κ3) is 4.79. The highest BCUT2D eigenvalue weighted by Crippen LogP contribution is 2.33. The van der Waals surface area contributed by atoms with Crippen molar-refractivity contribution in [2.45, 2.75) is 0 Å². The Morgan fingerprint density at radius 3 is 1.06 bits per heavy atom. The molecule has 4 heterocycles. The quantitative estimate of drug-likeness (QED) is 0.187. The van der Waals surface area contributed by atoms with Gasteiger partial charge in [0.2, 0.25) is 0 Å². The third-order valence-corrected chi connectivity index (χ3v) is 9.07. The Labute approximate surface area is 278 Å². The van der Waals surface area contributed by atoms with Crippen LogP contribution in [0, 0.1) is 0 Å². The van der Waals surface area contributed by atoms with Crippen LogP contribution < -0.4 is 0 Å². The molecule has 4 heteroatoms. The molecule has 0 atom stereocenters. The Kier molecular flexibility index (Phi) is 6.76. The van der Waals surface area contributed by atoms with Crippen LogP contribution in [0.25, 0.3) is 79.3 Å². The molecule has 0 spiro atoms. The molecule has 0 fully saturated rings. The molecule has 0 amide bonds. The van der Waals surface area contributed by atoms with Crippen molar-refractivity contribution < 1.29 is 0 Å². The zero-order valence-corrected chi connectivity index (χ0v) is 26.1. The molecule has 0 N–H and O–H groups in total. The van der Waals surface area contributed by atoms with E-state index in [1.807, 2.05) is 12.4 Å². The number of fused-ring (bicyclic) bond motifs is 6. The second kappa shape index (κ2) is 11.7. The Morgan fingerprint density at radius 1 is 0.354 bits per heavy atom. The van der Waals surface area contributed by atoms with E-state index in [9.17, 15) is 0 Å². The van der Waals surface area contributed by atoms with E-state index in [0.29, 0.717) is 0 Å². The highest BCUT2D eigenvalue weighted by Gasteiger charge is 2.13. The van der Waals surface area contributed by atoms with E-state index in [4.69, 9.17) is 9.97 Å². The van der Waals surface area contributed by atoms with E-state index < -0.39 is 0 Å². The minimum atomic E-state index is 0.897. The topological polar surface area (TPSA) is 35.6 Å². The summed E-state index contributed by atoms with van der Waals surface area (Å²) in [6.45, 7) is 0. The second-order valence-corrected chi connectivity index (χ2v) is 11.9. The second-order valence-electron chi connectivity index (χ2n) is 11.9. The van der Waals surface area contributed by atoms with Crippen LogP contribution in [0.1, 0.15) is 22.5 Å². The standard InChI is InChI=1S/C44H30N4/c1-2-12-32(22-24-34-30-36(26-28-46-34)48-43-19-9-5-15-39(43)40-16-6-10-20-44(40)48)31(11-1)21-23-33-29-35(25-27-45-33)47-41-17-7-3-13-37(41)38-14-4-8-18-42(38)47/h1-30H. The fraction of sp³-hybridized carbons (Fsp3) is 0. The summed E-state index contributed by atoms with van der Waals surface area (Å²) in [7, 11) is 0. The molecular weight excluding hydrogens is 585 g/mol. The highest BCUT2D eigenvalue weighted by atomic mass is 15.0. The summed E-state index contributed by atoms with van der Waals surface area (Å²) in [5.41, 5.74) is 10.9. The van der Waals surface area contributed by atoms with Gasteiger partial charge in [-0.2, -0.15) is 0 Å². The molecule has 9 aromatic rings. The maximum Gasteiger partial charge on any atom is 0.0650 e. The Bertz CT molecular complexity index is 2400. The van der Waals surface area contributed by atoms with Crippen molar-refractivity contribution in [3.63, 3.8) is 0 Å². The van der Waals surface area contributed by atoms with Gasteiger partial charge in [-0.15, -0.1) is 0 Å². The van der Waals surface area contributed by atoms with Crippen LogP contribution >= 0.6 is 0 Å². The highest BCUT2D eigenvalue weighted by molar-refractivity contribution is 6.10. The summed E-state index contributed by atoms with van der Waals surface area (Å²) >= 11 is 0. The van der Waals surface area contributed by atoms with Crippen LogP contribution in [0.2, 0.25) is 0 Å². The van der Waals surface area contributed by atoms with Crippen molar-refractivity contribution >= 4 is 67.9 Å². The lowest BCUT2D eigenvalue weighted by Gasteiger charge is -2.08. The average Bonchev–Trinajstić information content (AvgIpc) is 3.67. The van der Waals surface area contributed by atoms with Gasteiger partial charge in [0.15, 0.2) is 0 Å². The molecule has 0 saturated carbocycles. The minimum absolute atomic E-state index is 0.897. The molecule has 0 aliphatic rings. The summed E-state index contributed by atoms with van der Waals surface area (Å²) in [6.07, 6.45) is 12.2. The van der Waals surface area contributed by atoms with Gasteiger partial charge in [0.05, 0.1) is 33.5 Å². The molecule has 0 unspecified atom stereocenters. The first-order valence-corrected chi connectivity index (χ1v) is 16.2. The van der Waals surface area contributed by atoms with Gasteiger partial charge in [-0.25, -0.2) is 0 Å². The number of hydrogen-bond acceptors (Lipinski definition) is 2. The normalized spacial score (nSPS) is 12.0. The van der Waals surface area contributed by atoms with E-state index in [2.05, 4.69) is 179 Å². The number of rotatable bonds is 6. The first kappa shape index (κ1) is 27.8. The van der Waals surface area contributed by atoms with Crippen LogP contribution in [0.3, 0.4) is 0 Å². The van der Waals surface area contributed by atoms with Crippen LogP contribution in [-0.2, 0) is 0 Å². The SMILES string of the molecule is C(=Cc1ccccc1C=Cc1cc(-n2c3ccccc3c3ccccc32)ccn1)c1cc(-n2c3ccccc3c3ccccc32)ccn1. The van der Waals surface area contributed by atoms with Crippen molar-refractivity contribution in [2.75, 3.05) is 0 Å². The van der Waals surface area contributed by atoms with Crippen LogP contribution in [-0.4, -0.2) is 19.1 Å². The number of aromatic nitrogens is 4.